The van der Waals surface area contributed by atoms with Crippen molar-refractivity contribution in [2.24, 2.45) is 4.99 Å². The highest BCUT2D eigenvalue weighted by Gasteiger charge is 2.19. The smallest absolute Gasteiger partial charge is 0.191 e. The minimum Gasteiger partial charge on any atom is -0.385 e. The fraction of sp³-hybridized carbons (Fsp3) is 0.933. The Hall–Kier alpha value is -0.810. The molecule has 5 nitrogen and oxygen atoms in total. The summed E-state index contributed by atoms with van der Waals surface area (Å²) in [6.07, 6.45) is 4.86. The number of methoxy groups -OCH3 is 1. The van der Waals surface area contributed by atoms with Gasteiger partial charge in [-0.1, -0.05) is 6.92 Å². The minimum absolute atomic E-state index is 0.590. The number of aliphatic imine (C=N–C) groups is 1. The normalized spacial score (nSPS) is 18.2. The minimum atomic E-state index is 0.590. The third-order valence-electron chi connectivity index (χ3n) is 3.75. The molecule has 0 aliphatic carbocycles. The van der Waals surface area contributed by atoms with Crippen molar-refractivity contribution in [3.8, 4) is 0 Å². The number of hydrogen-bond donors (Lipinski definition) is 2. The van der Waals surface area contributed by atoms with Crippen LogP contribution in [0.15, 0.2) is 4.99 Å². The molecule has 1 atom stereocenters. The zero-order valence-corrected chi connectivity index (χ0v) is 13.5. The summed E-state index contributed by atoms with van der Waals surface area (Å²) >= 11 is 0. The highest BCUT2D eigenvalue weighted by Crippen LogP contribution is 2.14. The molecule has 1 rings (SSSR count). The van der Waals surface area contributed by atoms with Gasteiger partial charge in [0, 0.05) is 32.8 Å². The lowest BCUT2D eigenvalue weighted by molar-refractivity contribution is 0.195. The van der Waals surface area contributed by atoms with Gasteiger partial charge in [-0.25, -0.2) is 0 Å². The van der Waals surface area contributed by atoms with E-state index in [-0.39, 0.29) is 0 Å². The maximum Gasteiger partial charge on any atom is 0.191 e. The molecule has 1 heterocycles. The molecule has 0 aromatic carbocycles. The van der Waals surface area contributed by atoms with Crippen molar-refractivity contribution in [1.82, 2.24) is 15.5 Å². The fourth-order valence-corrected chi connectivity index (χ4v) is 2.57. The molecule has 1 aliphatic heterocycles. The Morgan fingerprint density at radius 1 is 1.25 bits per heavy atom. The maximum absolute atomic E-state index is 5.06. The van der Waals surface area contributed by atoms with Crippen LogP contribution in [0, 0.1) is 0 Å². The van der Waals surface area contributed by atoms with Gasteiger partial charge < -0.3 is 15.4 Å². The van der Waals surface area contributed by atoms with E-state index in [0.29, 0.717) is 6.04 Å². The van der Waals surface area contributed by atoms with Crippen LogP contribution >= 0.6 is 0 Å². The predicted molar refractivity (Wildman–Crippen MR) is 85.4 cm³/mol. The first-order valence-electron chi connectivity index (χ1n) is 8.07. The summed E-state index contributed by atoms with van der Waals surface area (Å²) < 4.78 is 5.06. The number of likely N-dealkylation sites (tertiary alicyclic amines) is 1. The Morgan fingerprint density at radius 3 is 2.60 bits per heavy atom. The van der Waals surface area contributed by atoms with Crippen LogP contribution < -0.4 is 10.6 Å². The summed E-state index contributed by atoms with van der Waals surface area (Å²) in [7, 11) is 1.74. The average molecular weight is 284 g/mol. The molecule has 0 spiro atoms. The van der Waals surface area contributed by atoms with Crippen molar-refractivity contribution in [2.75, 3.05) is 46.4 Å². The third kappa shape index (κ3) is 6.57. The SMILES string of the molecule is CCNC(=NCC(CC)N1CCCC1)NCCCOC. The van der Waals surface area contributed by atoms with E-state index in [4.69, 9.17) is 9.73 Å². The molecular formula is C15H32N4O. The number of nitrogens with zero attached hydrogens (tertiary/aromatic N) is 2. The number of guanidine groups is 1. The molecule has 0 radical (unpaired) electrons. The largest absolute Gasteiger partial charge is 0.385 e. The Kier molecular flexibility index (Phi) is 9.41. The molecule has 0 amide bonds. The van der Waals surface area contributed by atoms with Crippen molar-refractivity contribution >= 4 is 5.96 Å². The zero-order valence-electron chi connectivity index (χ0n) is 13.5. The quantitative estimate of drug-likeness (QED) is 0.382. The summed E-state index contributed by atoms with van der Waals surface area (Å²) in [5.74, 6) is 0.932. The zero-order chi connectivity index (χ0) is 14.6. The molecule has 0 aromatic rings. The molecule has 5 heteroatoms. The van der Waals surface area contributed by atoms with Crippen LogP contribution in [-0.4, -0.2) is 63.3 Å². The van der Waals surface area contributed by atoms with Gasteiger partial charge in [0.2, 0.25) is 0 Å². The summed E-state index contributed by atoms with van der Waals surface area (Å²) in [5.41, 5.74) is 0. The Morgan fingerprint density at radius 2 is 2.00 bits per heavy atom. The van der Waals surface area contributed by atoms with Crippen molar-refractivity contribution in [1.29, 1.82) is 0 Å². The van der Waals surface area contributed by atoms with Gasteiger partial charge >= 0.3 is 0 Å². The van der Waals surface area contributed by atoms with E-state index in [0.717, 1.165) is 38.6 Å². The van der Waals surface area contributed by atoms with Crippen LogP contribution in [0.25, 0.3) is 0 Å². The van der Waals surface area contributed by atoms with E-state index in [1.165, 1.54) is 32.4 Å². The lowest BCUT2D eigenvalue weighted by Crippen LogP contribution is -2.40. The van der Waals surface area contributed by atoms with Gasteiger partial charge in [-0.05, 0) is 45.7 Å². The fourth-order valence-electron chi connectivity index (χ4n) is 2.57. The summed E-state index contributed by atoms with van der Waals surface area (Å²) in [6, 6.07) is 0.590. The van der Waals surface area contributed by atoms with Crippen molar-refractivity contribution in [2.45, 2.75) is 45.6 Å². The van der Waals surface area contributed by atoms with E-state index in [1.807, 2.05) is 0 Å². The van der Waals surface area contributed by atoms with Gasteiger partial charge in [0.15, 0.2) is 5.96 Å². The number of rotatable bonds is 9. The monoisotopic (exact) mass is 284 g/mol. The first-order chi connectivity index (χ1) is 9.81. The Balaban J connectivity index is 2.38. The van der Waals surface area contributed by atoms with Crippen molar-refractivity contribution in [3.63, 3.8) is 0 Å². The second-order valence-corrected chi connectivity index (χ2v) is 5.30. The molecule has 1 aliphatic rings. The highest BCUT2D eigenvalue weighted by atomic mass is 16.5. The lowest BCUT2D eigenvalue weighted by atomic mass is 10.2. The molecule has 1 saturated heterocycles. The van der Waals surface area contributed by atoms with E-state index >= 15 is 0 Å². The Labute approximate surface area is 124 Å². The molecule has 0 aromatic heterocycles. The molecule has 1 fully saturated rings. The van der Waals surface area contributed by atoms with Gasteiger partial charge in [-0.2, -0.15) is 0 Å². The number of hydrogen-bond acceptors (Lipinski definition) is 3. The van der Waals surface area contributed by atoms with Crippen LogP contribution in [0.5, 0.6) is 0 Å². The van der Waals surface area contributed by atoms with Crippen molar-refractivity contribution in [3.05, 3.63) is 0 Å². The molecule has 2 N–H and O–H groups in total. The summed E-state index contributed by atoms with van der Waals surface area (Å²) in [4.78, 5) is 7.32. The van der Waals surface area contributed by atoms with E-state index in [2.05, 4.69) is 29.4 Å². The maximum atomic E-state index is 5.06. The van der Waals surface area contributed by atoms with Crippen LogP contribution in [0.2, 0.25) is 0 Å². The summed E-state index contributed by atoms with van der Waals surface area (Å²) in [5, 5.41) is 6.68. The topological polar surface area (TPSA) is 48.9 Å². The van der Waals surface area contributed by atoms with Crippen LogP contribution in [0.3, 0.4) is 0 Å². The molecular weight excluding hydrogens is 252 g/mol. The predicted octanol–water partition coefficient (Wildman–Crippen LogP) is 1.45. The molecule has 0 bridgehead atoms. The first-order valence-corrected chi connectivity index (χ1v) is 8.07. The van der Waals surface area contributed by atoms with Crippen LogP contribution in [-0.2, 0) is 4.74 Å². The van der Waals surface area contributed by atoms with Crippen LogP contribution in [0.1, 0.15) is 39.5 Å². The molecule has 1 unspecified atom stereocenters. The Bertz CT molecular complexity index is 265. The molecule has 20 heavy (non-hydrogen) atoms. The van der Waals surface area contributed by atoms with Gasteiger partial charge in [-0.3, -0.25) is 9.89 Å². The summed E-state index contributed by atoms with van der Waals surface area (Å²) in [6.45, 7) is 10.3. The van der Waals surface area contributed by atoms with Gasteiger partial charge in [0.25, 0.3) is 0 Å². The van der Waals surface area contributed by atoms with Gasteiger partial charge in [-0.15, -0.1) is 0 Å². The first kappa shape index (κ1) is 17.2. The third-order valence-corrected chi connectivity index (χ3v) is 3.75. The van der Waals surface area contributed by atoms with E-state index in [1.54, 1.807) is 7.11 Å². The van der Waals surface area contributed by atoms with E-state index in [9.17, 15) is 0 Å². The van der Waals surface area contributed by atoms with Crippen LogP contribution in [0.4, 0.5) is 0 Å². The standard InChI is InChI=1S/C15H32N4O/c1-4-14(19-10-6-7-11-19)13-18-15(16-5-2)17-9-8-12-20-3/h14H,4-13H2,1-3H3,(H2,16,17,18). The second-order valence-electron chi connectivity index (χ2n) is 5.30. The van der Waals surface area contributed by atoms with Gasteiger partial charge in [0.05, 0.1) is 6.54 Å². The van der Waals surface area contributed by atoms with E-state index < -0.39 is 0 Å². The van der Waals surface area contributed by atoms with Gasteiger partial charge in [0.1, 0.15) is 0 Å². The molecule has 0 saturated carbocycles. The lowest BCUT2D eigenvalue weighted by Gasteiger charge is -2.25. The average Bonchev–Trinajstić information content (AvgIpc) is 2.98. The molecule has 118 valence electrons. The van der Waals surface area contributed by atoms with Crippen molar-refractivity contribution < 1.29 is 4.74 Å². The number of ether oxygens (including phenoxy) is 1. The second kappa shape index (κ2) is 10.9. The highest BCUT2D eigenvalue weighted by molar-refractivity contribution is 5.79. The number of nitrogens with one attached hydrogen (secondary N) is 2.